The van der Waals surface area contributed by atoms with Gasteiger partial charge in [-0.05, 0) is 37.6 Å². The SMILES string of the molecule is CC(Nc1ccc(SCCCO)cc1)c1nccs1. The minimum Gasteiger partial charge on any atom is -0.396 e. The summed E-state index contributed by atoms with van der Waals surface area (Å²) in [6.07, 6.45) is 2.67. The third-order valence-corrected chi connectivity index (χ3v) is 4.69. The maximum atomic E-state index is 8.75. The lowest BCUT2D eigenvalue weighted by Crippen LogP contribution is -2.05. The predicted molar refractivity (Wildman–Crippen MR) is 83.0 cm³/mol. The second-order valence-electron chi connectivity index (χ2n) is 4.19. The van der Waals surface area contributed by atoms with Gasteiger partial charge in [-0.1, -0.05) is 0 Å². The van der Waals surface area contributed by atoms with E-state index < -0.39 is 0 Å². The van der Waals surface area contributed by atoms with Crippen LogP contribution < -0.4 is 5.32 Å². The standard InChI is InChI=1S/C14H18N2OS2/c1-11(14-15-7-10-19-14)16-12-3-5-13(6-4-12)18-9-2-8-17/h3-7,10-11,16-17H,2,8-9H2,1H3. The zero-order valence-electron chi connectivity index (χ0n) is 10.9. The molecule has 0 saturated carbocycles. The van der Waals surface area contributed by atoms with Gasteiger partial charge >= 0.3 is 0 Å². The molecule has 19 heavy (non-hydrogen) atoms. The lowest BCUT2D eigenvalue weighted by atomic mass is 10.3. The molecule has 0 fully saturated rings. The van der Waals surface area contributed by atoms with Crippen molar-refractivity contribution in [2.45, 2.75) is 24.3 Å². The van der Waals surface area contributed by atoms with Crippen molar-refractivity contribution in [1.82, 2.24) is 4.98 Å². The Morgan fingerprint density at radius 3 is 2.79 bits per heavy atom. The summed E-state index contributed by atoms with van der Waals surface area (Å²) in [4.78, 5) is 5.54. The lowest BCUT2D eigenvalue weighted by Gasteiger charge is -2.13. The summed E-state index contributed by atoms with van der Waals surface area (Å²) < 4.78 is 0. The molecular formula is C14H18N2OS2. The number of aliphatic hydroxyl groups is 1. The highest BCUT2D eigenvalue weighted by molar-refractivity contribution is 7.99. The molecule has 2 N–H and O–H groups in total. The number of nitrogens with one attached hydrogen (secondary N) is 1. The van der Waals surface area contributed by atoms with Gasteiger partial charge in [-0.2, -0.15) is 0 Å². The highest BCUT2D eigenvalue weighted by atomic mass is 32.2. The van der Waals surface area contributed by atoms with Crippen LogP contribution in [-0.2, 0) is 0 Å². The zero-order valence-corrected chi connectivity index (χ0v) is 12.5. The van der Waals surface area contributed by atoms with Crippen LogP contribution in [0.1, 0.15) is 24.4 Å². The maximum Gasteiger partial charge on any atom is 0.115 e. The summed E-state index contributed by atoms with van der Waals surface area (Å²) in [5, 5.41) is 15.3. The minimum atomic E-state index is 0.230. The van der Waals surface area contributed by atoms with E-state index in [1.54, 1.807) is 23.1 Å². The van der Waals surface area contributed by atoms with Crippen molar-refractivity contribution >= 4 is 28.8 Å². The first-order valence-corrected chi connectivity index (χ1v) is 8.16. The molecule has 1 aromatic heterocycles. The van der Waals surface area contributed by atoms with Gasteiger partial charge in [0.05, 0.1) is 6.04 Å². The summed E-state index contributed by atoms with van der Waals surface area (Å²) >= 11 is 3.44. The number of rotatable bonds is 7. The average Bonchev–Trinajstić information content (AvgIpc) is 2.95. The van der Waals surface area contributed by atoms with Crippen molar-refractivity contribution < 1.29 is 5.11 Å². The molecule has 3 nitrogen and oxygen atoms in total. The maximum absolute atomic E-state index is 8.75. The van der Waals surface area contributed by atoms with Crippen LogP contribution in [0.5, 0.6) is 0 Å². The van der Waals surface area contributed by atoms with E-state index in [1.165, 1.54) is 4.90 Å². The number of hydrogen-bond donors (Lipinski definition) is 2. The average molecular weight is 294 g/mol. The van der Waals surface area contributed by atoms with Crippen LogP contribution in [0.25, 0.3) is 0 Å². The molecule has 0 aliphatic heterocycles. The van der Waals surface area contributed by atoms with Crippen molar-refractivity contribution in [2.24, 2.45) is 0 Å². The fraction of sp³-hybridized carbons (Fsp3) is 0.357. The molecule has 5 heteroatoms. The van der Waals surface area contributed by atoms with E-state index in [0.717, 1.165) is 22.9 Å². The van der Waals surface area contributed by atoms with Crippen LogP contribution in [0.4, 0.5) is 5.69 Å². The quantitative estimate of drug-likeness (QED) is 0.602. The number of benzene rings is 1. The van der Waals surface area contributed by atoms with Gasteiger partial charge in [0.1, 0.15) is 5.01 Å². The normalized spacial score (nSPS) is 12.3. The number of aliphatic hydroxyl groups excluding tert-OH is 1. The Labute approximate surface area is 122 Å². The third kappa shape index (κ3) is 4.53. The third-order valence-electron chi connectivity index (χ3n) is 2.63. The van der Waals surface area contributed by atoms with Crippen molar-refractivity contribution in [1.29, 1.82) is 0 Å². The molecule has 0 amide bonds. The van der Waals surface area contributed by atoms with Crippen LogP contribution in [0.2, 0.25) is 0 Å². The minimum absolute atomic E-state index is 0.230. The van der Waals surface area contributed by atoms with E-state index >= 15 is 0 Å². The molecular weight excluding hydrogens is 276 g/mol. The molecule has 2 aromatic rings. The summed E-state index contributed by atoms with van der Waals surface area (Å²) in [6.45, 7) is 2.38. The number of hydrogen-bond acceptors (Lipinski definition) is 5. The molecule has 0 radical (unpaired) electrons. The molecule has 1 aromatic carbocycles. The van der Waals surface area contributed by atoms with E-state index in [0.29, 0.717) is 0 Å². The summed E-state index contributed by atoms with van der Waals surface area (Å²) in [7, 11) is 0. The summed E-state index contributed by atoms with van der Waals surface area (Å²) in [6, 6.07) is 8.63. The van der Waals surface area contributed by atoms with Gasteiger partial charge in [0.2, 0.25) is 0 Å². The van der Waals surface area contributed by atoms with E-state index in [-0.39, 0.29) is 12.6 Å². The fourth-order valence-corrected chi connectivity index (χ4v) is 3.15. The molecule has 0 bridgehead atoms. The molecule has 0 spiro atoms. The first-order valence-electron chi connectivity index (χ1n) is 6.29. The Kier molecular flexibility index (Phi) is 5.69. The Morgan fingerprint density at radius 2 is 2.16 bits per heavy atom. The highest BCUT2D eigenvalue weighted by Gasteiger charge is 2.07. The van der Waals surface area contributed by atoms with Gasteiger partial charge in [0.25, 0.3) is 0 Å². The molecule has 0 saturated heterocycles. The number of anilines is 1. The van der Waals surface area contributed by atoms with Crippen molar-refractivity contribution in [2.75, 3.05) is 17.7 Å². The number of aromatic nitrogens is 1. The lowest BCUT2D eigenvalue weighted by molar-refractivity contribution is 0.296. The monoisotopic (exact) mass is 294 g/mol. The highest BCUT2D eigenvalue weighted by Crippen LogP contribution is 2.24. The van der Waals surface area contributed by atoms with Crippen molar-refractivity contribution in [3.63, 3.8) is 0 Å². The molecule has 1 atom stereocenters. The smallest absolute Gasteiger partial charge is 0.115 e. The van der Waals surface area contributed by atoms with E-state index in [9.17, 15) is 0 Å². The van der Waals surface area contributed by atoms with Gasteiger partial charge < -0.3 is 10.4 Å². The second kappa shape index (κ2) is 7.53. The van der Waals surface area contributed by atoms with Crippen LogP contribution >= 0.6 is 23.1 Å². The van der Waals surface area contributed by atoms with Crippen LogP contribution in [0, 0.1) is 0 Å². The molecule has 2 rings (SSSR count). The summed E-state index contributed by atoms with van der Waals surface area (Å²) in [5.74, 6) is 0.957. The Hall–Kier alpha value is -1.04. The van der Waals surface area contributed by atoms with Crippen molar-refractivity contribution in [3.05, 3.63) is 40.8 Å². The Morgan fingerprint density at radius 1 is 1.37 bits per heavy atom. The zero-order chi connectivity index (χ0) is 13.5. The van der Waals surface area contributed by atoms with Crippen LogP contribution in [-0.4, -0.2) is 22.5 Å². The first-order chi connectivity index (χ1) is 9.29. The second-order valence-corrected chi connectivity index (χ2v) is 6.28. The van der Waals surface area contributed by atoms with Gasteiger partial charge in [-0.25, -0.2) is 4.98 Å². The Bertz CT molecular complexity index is 471. The molecule has 0 aliphatic carbocycles. The molecule has 1 heterocycles. The number of thioether (sulfide) groups is 1. The van der Waals surface area contributed by atoms with Crippen LogP contribution in [0.3, 0.4) is 0 Å². The van der Waals surface area contributed by atoms with Gasteiger partial charge in [0.15, 0.2) is 0 Å². The largest absolute Gasteiger partial charge is 0.396 e. The van der Waals surface area contributed by atoms with Gasteiger partial charge in [-0.15, -0.1) is 23.1 Å². The fourth-order valence-electron chi connectivity index (χ4n) is 1.66. The van der Waals surface area contributed by atoms with E-state index in [2.05, 4.69) is 41.5 Å². The van der Waals surface area contributed by atoms with Crippen molar-refractivity contribution in [3.8, 4) is 0 Å². The molecule has 102 valence electrons. The summed E-state index contributed by atoms with van der Waals surface area (Å²) in [5.41, 5.74) is 1.11. The van der Waals surface area contributed by atoms with Gasteiger partial charge in [-0.3, -0.25) is 0 Å². The van der Waals surface area contributed by atoms with E-state index in [4.69, 9.17) is 5.11 Å². The molecule has 0 aliphatic rings. The predicted octanol–water partition coefficient (Wildman–Crippen LogP) is 3.79. The Balaban J connectivity index is 1.88. The number of thiazole rings is 1. The van der Waals surface area contributed by atoms with E-state index in [1.807, 2.05) is 11.6 Å². The number of nitrogens with zero attached hydrogens (tertiary/aromatic N) is 1. The van der Waals surface area contributed by atoms with Gasteiger partial charge in [0, 0.05) is 34.5 Å². The molecule has 1 unspecified atom stereocenters. The first kappa shape index (κ1) is 14.4. The topological polar surface area (TPSA) is 45.1 Å². The van der Waals surface area contributed by atoms with Crippen LogP contribution in [0.15, 0.2) is 40.7 Å².